The van der Waals surface area contributed by atoms with E-state index in [9.17, 15) is 0 Å². The van der Waals surface area contributed by atoms with Gasteiger partial charge in [0.15, 0.2) is 0 Å². The lowest BCUT2D eigenvalue weighted by molar-refractivity contribution is 0.157. The Bertz CT molecular complexity index is 466. The van der Waals surface area contributed by atoms with E-state index in [0.717, 1.165) is 6.54 Å². The smallest absolute Gasteiger partial charge is 0.131 e. The van der Waals surface area contributed by atoms with Gasteiger partial charge < -0.3 is 4.90 Å². The Labute approximate surface area is 129 Å². The first-order valence-electron chi connectivity index (χ1n) is 8.75. The second-order valence-electron chi connectivity index (χ2n) is 6.60. The molecule has 0 aromatic carbocycles. The summed E-state index contributed by atoms with van der Waals surface area (Å²) in [6.45, 7) is 9.27. The van der Waals surface area contributed by atoms with Gasteiger partial charge in [-0.1, -0.05) is 13.3 Å². The van der Waals surface area contributed by atoms with E-state index in [0.29, 0.717) is 6.04 Å². The summed E-state index contributed by atoms with van der Waals surface area (Å²) >= 11 is 0. The van der Waals surface area contributed by atoms with Crippen molar-refractivity contribution in [2.45, 2.75) is 58.4 Å². The Kier molecular flexibility index (Phi) is 4.79. The first-order valence-corrected chi connectivity index (χ1v) is 8.75. The van der Waals surface area contributed by atoms with Gasteiger partial charge in [-0.2, -0.15) is 0 Å². The minimum absolute atomic E-state index is 0.588. The van der Waals surface area contributed by atoms with Gasteiger partial charge in [0.1, 0.15) is 5.82 Å². The average molecular weight is 287 g/mol. The maximum Gasteiger partial charge on any atom is 0.131 e. The Balaban J connectivity index is 1.79. The third kappa shape index (κ3) is 3.23. The van der Waals surface area contributed by atoms with Crippen LogP contribution in [-0.2, 0) is 0 Å². The summed E-state index contributed by atoms with van der Waals surface area (Å²) in [7, 11) is 0. The Morgan fingerprint density at radius 1 is 1.10 bits per heavy atom. The zero-order chi connectivity index (χ0) is 14.7. The van der Waals surface area contributed by atoms with Crippen molar-refractivity contribution in [3.63, 3.8) is 0 Å². The number of anilines is 1. The Morgan fingerprint density at radius 3 is 2.57 bits per heavy atom. The number of aryl methyl sites for hydroxylation is 1. The molecule has 3 nitrogen and oxygen atoms in total. The van der Waals surface area contributed by atoms with Gasteiger partial charge in [-0.15, -0.1) is 0 Å². The molecule has 3 rings (SSSR count). The molecule has 2 aliphatic rings. The standard InChI is InChI=1S/C18H29N3/c1-3-20-10-8-5-9-17(20)16-13-15(2)18(19-14-16)21-11-6-4-7-12-21/h13-14,17H,3-12H2,1-2H3/t17-/m1/s1. The van der Waals surface area contributed by atoms with Gasteiger partial charge >= 0.3 is 0 Å². The summed E-state index contributed by atoms with van der Waals surface area (Å²) in [6, 6.07) is 2.99. The van der Waals surface area contributed by atoms with Crippen molar-refractivity contribution in [2.24, 2.45) is 0 Å². The molecule has 116 valence electrons. The molecule has 0 aliphatic carbocycles. The topological polar surface area (TPSA) is 19.4 Å². The van der Waals surface area contributed by atoms with E-state index in [2.05, 4.69) is 35.9 Å². The molecule has 0 unspecified atom stereocenters. The number of piperidine rings is 2. The van der Waals surface area contributed by atoms with Crippen LogP contribution in [0.3, 0.4) is 0 Å². The molecule has 1 atom stereocenters. The van der Waals surface area contributed by atoms with Crippen LogP contribution in [0, 0.1) is 6.92 Å². The first kappa shape index (κ1) is 14.8. The molecule has 0 N–H and O–H groups in total. The molecule has 0 amide bonds. The normalized spacial score (nSPS) is 24.3. The van der Waals surface area contributed by atoms with E-state index >= 15 is 0 Å². The molecule has 2 saturated heterocycles. The van der Waals surface area contributed by atoms with Crippen molar-refractivity contribution in [3.8, 4) is 0 Å². The second kappa shape index (κ2) is 6.78. The van der Waals surface area contributed by atoms with Crippen molar-refractivity contribution in [1.29, 1.82) is 0 Å². The highest BCUT2D eigenvalue weighted by Crippen LogP contribution is 2.32. The lowest BCUT2D eigenvalue weighted by atomic mass is 9.95. The van der Waals surface area contributed by atoms with Crippen LogP contribution in [0.15, 0.2) is 12.3 Å². The van der Waals surface area contributed by atoms with Crippen LogP contribution in [-0.4, -0.2) is 36.1 Å². The highest BCUT2D eigenvalue weighted by Gasteiger charge is 2.24. The van der Waals surface area contributed by atoms with Crippen LogP contribution in [0.2, 0.25) is 0 Å². The predicted octanol–water partition coefficient (Wildman–Crippen LogP) is 3.93. The van der Waals surface area contributed by atoms with Gasteiger partial charge in [0.2, 0.25) is 0 Å². The van der Waals surface area contributed by atoms with Gasteiger partial charge in [-0.3, -0.25) is 4.90 Å². The molecule has 3 heterocycles. The molecule has 2 aliphatic heterocycles. The van der Waals surface area contributed by atoms with Crippen molar-refractivity contribution >= 4 is 5.82 Å². The third-order valence-corrected chi connectivity index (χ3v) is 5.13. The van der Waals surface area contributed by atoms with Crippen molar-refractivity contribution in [3.05, 3.63) is 23.4 Å². The van der Waals surface area contributed by atoms with Crippen molar-refractivity contribution < 1.29 is 0 Å². The fourth-order valence-electron chi connectivity index (χ4n) is 3.96. The van der Waals surface area contributed by atoms with Crippen LogP contribution in [0.1, 0.15) is 62.6 Å². The molecule has 0 spiro atoms. The number of likely N-dealkylation sites (tertiary alicyclic amines) is 1. The number of nitrogens with zero attached hydrogens (tertiary/aromatic N) is 3. The first-order chi connectivity index (χ1) is 10.3. The summed E-state index contributed by atoms with van der Waals surface area (Å²) in [5, 5.41) is 0. The molecule has 2 fully saturated rings. The van der Waals surface area contributed by atoms with Crippen LogP contribution in [0.5, 0.6) is 0 Å². The Hall–Kier alpha value is -1.09. The van der Waals surface area contributed by atoms with Crippen LogP contribution in [0.25, 0.3) is 0 Å². The summed E-state index contributed by atoms with van der Waals surface area (Å²) in [5.74, 6) is 1.22. The van der Waals surface area contributed by atoms with Crippen molar-refractivity contribution in [1.82, 2.24) is 9.88 Å². The Morgan fingerprint density at radius 2 is 1.86 bits per heavy atom. The summed E-state index contributed by atoms with van der Waals surface area (Å²) in [5.41, 5.74) is 2.78. The van der Waals surface area contributed by atoms with Gasteiger partial charge in [0.25, 0.3) is 0 Å². The summed E-state index contributed by atoms with van der Waals surface area (Å²) < 4.78 is 0. The maximum atomic E-state index is 4.85. The molecule has 21 heavy (non-hydrogen) atoms. The average Bonchev–Trinajstić information content (AvgIpc) is 2.55. The van der Waals surface area contributed by atoms with Crippen LogP contribution < -0.4 is 4.90 Å². The molecule has 0 radical (unpaired) electrons. The molecule has 1 aromatic heterocycles. The quantitative estimate of drug-likeness (QED) is 0.840. The second-order valence-corrected chi connectivity index (χ2v) is 6.60. The minimum Gasteiger partial charge on any atom is -0.356 e. The van der Waals surface area contributed by atoms with Gasteiger partial charge in [-0.25, -0.2) is 4.98 Å². The number of rotatable bonds is 3. The zero-order valence-electron chi connectivity index (χ0n) is 13.6. The van der Waals surface area contributed by atoms with E-state index in [-0.39, 0.29) is 0 Å². The molecule has 0 saturated carbocycles. The zero-order valence-corrected chi connectivity index (χ0v) is 13.6. The molecular weight excluding hydrogens is 258 g/mol. The predicted molar refractivity (Wildman–Crippen MR) is 88.9 cm³/mol. The largest absolute Gasteiger partial charge is 0.356 e. The monoisotopic (exact) mass is 287 g/mol. The van der Waals surface area contributed by atoms with E-state index in [1.54, 1.807) is 0 Å². The molecule has 0 bridgehead atoms. The van der Waals surface area contributed by atoms with Gasteiger partial charge in [-0.05, 0) is 69.3 Å². The highest BCUT2D eigenvalue weighted by molar-refractivity contribution is 5.48. The van der Waals surface area contributed by atoms with E-state index in [1.807, 2.05) is 0 Å². The molecular formula is C18H29N3. The fraction of sp³-hybridized carbons (Fsp3) is 0.722. The fourth-order valence-corrected chi connectivity index (χ4v) is 3.96. The third-order valence-electron chi connectivity index (χ3n) is 5.13. The van der Waals surface area contributed by atoms with E-state index < -0.39 is 0 Å². The lowest BCUT2D eigenvalue weighted by Crippen LogP contribution is -2.34. The number of pyridine rings is 1. The van der Waals surface area contributed by atoms with Crippen LogP contribution in [0.4, 0.5) is 5.82 Å². The number of hydrogen-bond acceptors (Lipinski definition) is 3. The maximum absolute atomic E-state index is 4.85. The van der Waals surface area contributed by atoms with Crippen molar-refractivity contribution in [2.75, 3.05) is 31.1 Å². The van der Waals surface area contributed by atoms with E-state index in [1.165, 1.54) is 75.1 Å². The van der Waals surface area contributed by atoms with Gasteiger partial charge in [0, 0.05) is 25.3 Å². The number of hydrogen-bond donors (Lipinski definition) is 0. The van der Waals surface area contributed by atoms with E-state index in [4.69, 9.17) is 4.98 Å². The summed E-state index contributed by atoms with van der Waals surface area (Å²) in [4.78, 5) is 9.93. The molecule has 1 aromatic rings. The minimum atomic E-state index is 0.588. The van der Waals surface area contributed by atoms with Gasteiger partial charge in [0.05, 0.1) is 0 Å². The molecule has 3 heteroatoms. The highest BCUT2D eigenvalue weighted by atomic mass is 15.2. The number of aromatic nitrogens is 1. The lowest BCUT2D eigenvalue weighted by Gasteiger charge is -2.35. The SMILES string of the molecule is CCN1CCCC[C@@H]1c1cnc(N2CCCCC2)c(C)c1. The van der Waals surface area contributed by atoms with Crippen LogP contribution >= 0.6 is 0 Å². The summed E-state index contributed by atoms with van der Waals surface area (Å²) in [6.07, 6.45) is 10.1.